The number of nitrogens with one attached hydrogen (secondary N) is 1. The molecular weight excluding hydrogens is 193 g/mol. The lowest BCUT2D eigenvalue weighted by Gasteiger charge is -2.12. The third kappa shape index (κ3) is 3.64. The van der Waals surface area contributed by atoms with Crippen molar-refractivity contribution in [1.29, 1.82) is 0 Å². The van der Waals surface area contributed by atoms with Crippen molar-refractivity contribution in [3.63, 3.8) is 0 Å². The highest BCUT2D eigenvalue weighted by Crippen LogP contribution is 2.28. The van der Waals surface area contributed by atoms with Crippen LogP contribution in [0.2, 0.25) is 0 Å². The first-order chi connectivity index (χ1) is 6.47. The maximum Gasteiger partial charge on any atom is 0.419 e. The van der Waals surface area contributed by atoms with E-state index < -0.39 is 11.7 Å². The van der Waals surface area contributed by atoms with Gasteiger partial charge < -0.3 is 5.32 Å². The molecule has 5 heteroatoms. The van der Waals surface area contributed by atoms with Crippen molar-refractivity contribution >= 4 is 6.72 Å². The molecule has 0 rings (SSSR count). The summed E-state index contributed by atoms with van der Waals surface area (Å²) >= 11 is 0. The maximum atomic E-state index is 12.4. The van der Waals surface area contributed by atoms with Gasteiger partial charge in [0.15, 0.2) is 0 Å². The molecule has 0 aromatic heterocycles. The zero-order valence-electron chi connectivity index (χ0n) is 8.15. The zero-order valence-corrected chi connectivity index (χ0v) is 8.15. The minimum absolute atomic E-state index is 0.238. The Kier molecular flexibility index (Phi) is 4.97. The molecular formula is C9H13F3N2. The van der Waals surface area contributed by atoms with E-state index in [2.05, 4.69) is 17.0 Å². The normalized spacial score (nSPS) is 14.1. The van der Waals surface area contributed by atoms with E-state index in [1.54, 1.807) is 6.92 Å². The zero-order chi connectivity index (χ0) is 11.2. The molecule has 2 nitrogen and oxygen atoms in total. The van der Waals surface area contributed by atoms with Gasteiger partial charge in [0.25, 0.3) is 0 Å². The quantitative estimate of drug-likeness (QED) is 0.555. The predicted molar refractivity (Wildman–Crippen MR) is 51.1 cm³/mol. The van der Waals surface area contributed by atoms with Gasteiger partial charge >= 0.3 is 6.18 Å². The second-order valence-electron chi connectivity index (χ2n) is 2.45. The molecule has 0 unspecified atom stereocenters. The van der Waals surface area contributed by atoms with Crippen molar-refractivity contribution in [3.05, 3.63) is 23.5 Å². The van der Waals surface area contributed by atoms with Crippen molar-refractivity contribution in [2.45, 2.75) is 20.0 Å². The summed E-state index contributed by atoms with van der Waals surface area (Å²) < 4.78 is 37.3. The van der Waals surface area contributed by atoms with Gasteiger partial charge in [-0.1, -0.05) is 12.2 Å². The van der Waals surface area contributed by atoms with Gasteiger partial charge in [0.05, 0.1) is 5.57 Å². The number of nitrogens with zero attached hydrogens (tertiary/aromatic N) is 1. The average molecular weight is 206 g/mol. The van der Waals surface area contributed by atoms with Gasteiger partial charge in [0.2, 0.25) is 0 Å². The van der Waals surface area contributed by atoms with Crippen molar-refractivity contribution < 1.29 is 13.2 Å². The van der Waals surface area contributed by atoms with Crippen LogP contribution in [0.15, 0.2) is 28.5 Å². The Morgan fingerprint density at radius 1 is 1.50 bits per heavy atom. The minimum Gasteiger partial charge on any atom is -0.370 e. The Bertz CT molecular complexity index is 251. The highest BCUT2D eigenvalue weighted by molar-refractivity contribution is 5.35. The standard InChI is InChI=1S/C9H13F3N2/c1-4-6-7(9(10,11)12)8(13-3)14-5-2/h4,6,14H,3,5H2,1-2H3/b6-4-,8-7-. The van der Waals surface area contributed by atoms with Crippen LogP contribution in [0.4, 0.5) is 13.2 Å². The van der Waals surface area contributed by atoms with Gasteiger partial charge in [0.1, 0.15) is 5.82 Å². The van der Waals surface area contributed by atoms with Crippen LogP contribution in [0.5, 0.6) is 0 Å². The molecule has 1 N–H and O–H groups in total. The SMILES string of the molecule is C=N/C(NCC)=C(\C=C/C)C(F)(F)F. The van der Waals surface area contributed by atoms with Gasteiger partial charge in [0, 0.05) is 6.54 Å². The second kappa shape index (κ2) is 5.47. The summed E-state index contributed by atoms with van der Waals surface area (Å²) in [4.78, 5) is 3.31. The van der Waals surface area contributed by atoms with E-state index in [1.807, 2.05) is 0 Å². The molecule has 0 radical (unpaired) electrons. The van der Waals surface area contributed by atoms with Gasteiger partial charge in [-0.15, -0.1) is 0 Å². The summed E-state index contributed by atoms with van der Waals surface area (Å²) in [6.45, 7) is 6.66. The van der Waals surface area contributed by atoms with Crippen LogP contribution in [0.1, 0.15) is 13.8 Å². The maximum absolute atomic E-state index is 12.4. The molecule has 0 amide bonds. The first kappa shape index (κ1) is 12.7. The smallest absolute Gasteiger partial charge is 0.370 e. The summed E-state index contributed by atoms with van der Waals surface area (Å²) in [5, 5.41) is 2.50. The molecule has 0 atom stereocenters. The molecule has 0 fully saturated rings. The third-order valence-corrected chi connectivity index (χ3v) is 1.40. The van der Waals surface area contributed by atoms with Crippen LogP contribution < -0.4 is 5.32 Å². The molecule has 0 heterocycles. The Morgan fingerprint density at radius 3 is 2.36 bits per heavy atom. The fraction of sp³-hybridized carbons (Fsp3) is 0.444. The predicted octanol–water partition coefficient (Wildman–Crippen LogP) is 2.65. The Balaban J connectivity index is 5.20. The van der Waals surface area contributed by atoms with E-state index in [0.29, 0.717) is 6.54 Å². The summed E-state index contributed by atoms with van der Waals surface area (Å²) in [5.41, 5.74) is -0.808. The lowest BCUT2D eigenvalue weighted by molar-refractivity contribution is -0.0893. The summed E-state index contributed by atoms with van der Waals surface area (Å²) in [6, 6.07) is 0. The fourth-order valence-electron chi connectivity index (χ4n) is 0.878. The molecule has 0 spiro atoms. The molecule has 0 bridgehead atoms. The van der Waals surface area contributed by atoms with Crippen molar-refractivity contribution in [2.75, 3.05) is 6.54 Å². The molecule has 14 heavy (non-hydrogen) atoms. The van der Waals surface area contributed by atoms with Gasteiger partial charge in [-0.25, -0.2) is 4.99 Å². The van der Waals surface area contributed by atoms with E-state index in [9.17, 15) is 13.2 Å². The summed E-state index contributed by atoms with van der Waals surface area (Å²) in [7, 11) is 0. The first-order valence-electron chi connectivity index (χ1n) is 4.12. The van der Waals surface area contributed by atoms with E-state index >= 15 is 0 Å². The van der Waals surface area contributed by atoms with Gasteiger partial charge in [-0.2, -0.15) is 13.2 Å². The number of hydrogen-bond donors (Lipinski definition) is 1. The monoisotopic (exact) mass is 206 g/mol. The van der Waals surface area contributed by atoms with Gasteiger partial charge in [-0.3, -0.25) is 0 Å². The number of hydrogen-bond acceptors (Lipinski definition) is 2. The number of alkyl halides is 3. The molecule has 80 valence electrons. The first-order valence-corrected chi connectivity index (χ1v) is 4.12. The molecule has 0 aliphatic carbocycles. The van der Waals surface area contributed by atoms with Crippen LogP contribution in [-0.2, 0) is 0 Å². The highest BCUT2D eigenvalue weighted by atomic mass is 19.4. The average Bonchev–Trinajstić information content (AvgIpc) is 2.09. The molecule has 0 saturated carbocycles. The summed E-state index contributed by atoms with van der Waals surface area (Å²) in [5.74, 6) is -0.238. The van der Waals surface area contributed by atoms with Crippen molar-refractivity contribution in [1.82, 2.24) is 5.32 Å². The summed E-state index contributed by atoms with van der Waals surface area (Å²) in [6.07, 6.45) is -2.14. The Morgan fingerprint density at radius 2 is 2.07 bits per heavy atom. The number of halogens is 3. The minimum atomic E-state index is -4.41. The van der Waals surface area contributed by atoms with Gasteiger partial charge in [-0.05, 0) is 20.6 Å². The molecule has 0 aliphatic rings. The largest absolute Gasteiger partial charge is 0.419 e. The fourth-order valence-corrected chi connectivity index (χ4v) is 0.878. The lowest BCUT2D eigenvalue weighted by atomic mass is 10.2. The number of aliphatic imine (C=N–C) groups is 1. The van der Waals surface area contributed by atoms with E-state index in [-0.39, 0.29) is 5.82 Å². The molecule has 0 aliphatic heterocycles. The molecule has 0 aromatic carbocycles. The van der Waals surface area contributed by atoms with E-state index in [4.69, 9.17) is 0 Å². The van der Waals surface area contributed by atoms with Crippen LogP contribution >= 0.6 is 0 Å². The Labute approximate surface area is 81.2 Å². The number of rotatable bonds is 4. The van der Waals surface area contributed by atoms with Crippen LogP contribution in [-0.4, -0.2) is 19.4 Å². The molecule has 0 aromatic rings. The third-order valence-electron chi connectivity index (χ3n) is 1.40. The lowest BCUT2D eigenvalue weighted by Crippen LogP contribution is -2.20. The van der Waals surface area contributed by atoms with E-state index in [0.717, 1.165) is 6.08 Å². The van der Waals surface area contributed by atoms with Crippen LogP contribution in [0.25, 0.3) is 0 Å². The topological polar surface area (TPSA) is 24.4 Å². The van der Waals surface area contributed by atoms with Crippen LogP contribution in [0, 0.1) is 0 Å². The van der Waals surface area contributed by atoms with Crippen LogP contribution in [0.3, 0.4) is 0 Å². The number of allylic oxidation sites excluding steroid dienone is 3. The highest BCUT2D eigenvalue weighted by Gasteiger charge is 2.34. The second-order valence-corrected chi connectivity index (χ2v) is 2.45. The Hall–Kier alpha value is -1.26. The van der Waals surface area contributed by atoms with Crippen molar-refractivity contribution in [2.24, 2.45) is 4.99 Å². The van der Waals surface area contributed by atoms with Crippen molar-refractivity contribution in [3.8, 4) is 0 Å². The van der Waals surface area contributed by atoms with E-state index in [1.165, 1.54) is 13.0 Å². The molecule has 0 saturated heterocycles.